The van der Waals surface area contributed by atoms with Crippen molar-refractivity contribution < 1.29 is 19.4 Å². The molecule has 0 radical (unpaired) electrons. The molecule has 110 valence electrons. The summed E-state index contributed by atoms with van der Waals surface area (Å²) in [6.07, 6.45) is 0.368. The second-order valence-electron chi connectivity index (χ2n) is 4.26. The summed E-state index contributed by atoms with van der Waals surface area (Å²) in [6, 6.07) is 4.45. The molecule has 20 heavy (non-hydrogen) atoms. The van der Waals surface area contributed by atoms with E-state index < -0.39 is 17.9 Å². The molecule has 0 fully saturated rings. The van der Waals surface area contributed by atoms with Crippen molar-refractivity contribution in [3.8, 4) is 5.75 Å². The number of ether oxygens (including phenoxy) is 1. The Labute approximate surface area is 122 Å². The molecular formula is C13H17ClN2O4. The fourth-order valence-electron chi connectivity index (χ4n) is 1.44. The molecule has 0 saturated heterocycles. The van der Waals surface area contributed by atoms with Crippen LogP contribution in [0.5, 0.6) is 5.75 Å². The van der Waals surface area contributed by atoms with E-state index >= 15 is 0 Å². The van der Waals surface area contributed by atoms with Gasteiger partial charge in [-0.1, -0.05) is 18.5 Å². The number of urea groups is 1. The first-order chi connectivity index (χ1) is 9.43. The number of hydrogen-bond donors (Lipinski definition) is 3. The molecule has 0 spiro atoms. The van der Waals surface area contributed by atoms with Crippen LogP contribution >= 0.6 is 11.6 Å². The first-order valence-electron chi connectivity index (χ1n) is 6.05. The number of anilines is 1. The molecule has 1 atom stereocenters. The van der Waals surface area contributed by atoms with Gasteiger partial charge in [0.25, 0.3) is 0 Å². The molecule has 0 aliphatic rings. The standard InChI is InChI=1S/C13H17ClN2O4/c1-8(12(17)18)5-6-15-13(19)16-9-3-4-10(14)11(7-9)20-2/h3-4,7-8H,5-6H2,1-2H3,(H,17,18)(H2,15,16,19). The van der Waals surface area contributed by atoms with Gasteiger partial charge in [-0.3, -0.25) is 4.79 Å². The normalized spacial score (nSPS) is 11.6. The number of rotatable bonds is 6. The van der Waals surface area contributed by atoms with Crippen LogP contribution in [-0.4, -0.2) is 30.8 Å². The van der Waals surface area contributed by atoms with Crippen molar-refractivity contribution in [2.75, 3.05) is 19.0 Å². The summed E-state index contributed by atoms with van der Waals surface area (Å²) < 4.78 is 5.04. The van der Waals surface area contributed by atoms with Gasteiger partial charge in [0.2, 0.25) is 0 Å². The number of amides is 2. The van der Waals surface area contributed by atoms with Gasteiger partial charge in [-0.15, -0.1) is 0 Å². The van der Waals surface area contributed by atoms with Gasteiger partial charge in [0.1, 0.15) is 5.75 Å². The summed E-state index contributed by atoms with van der Waals surface area (Å²) in [5.74, 6) is -0.912. The van der Waals surface area contributed by atoms with Gasteiger partial charge in [0.05, 0.1) is 18.1 Å². The Bertz CT molecular complexity index is 493. The highest BCUT2D eigenvalue weighted by atomic mass is 35.5. The lowest BCUT2D eigenvalue weighted by molar-refractivity contribution is -0.141. The third-order valence-corrected chi connectivity index (χ3v) is 3.01. The van der Waals surface area contributed by atoms with Crippen LogP contribution in [-0.2, 0) is 4.79 Å². The predicted molar refractivity (Wildman–Crippen MR) is 76.4 cm³/mol. The van der Waals surface area contributed by atoms with Gasteiger partial charge in [-0.2, -0.15) is 0 Å². The third-order valence-electron chi connectivity index (χ3n) is 2.69. The lowest BCUT2D eigenvalue weighted by atomic mass is 10.1. The monoisotopic (exact) mass is 300 g/mol. The van der Waals surface area contributed by atoms with Crippen LogP contribution < -0.4 is 15.4 Å². The van der Waals surface area contributed by atoms with Crippen molar-refractivity contribution in [2.45, 2.75) is 13.3 Å². The topological polar surface area (TPSA) is 87.7 Å². The van der Waals surface area contributed by atoms with E-state index in [0.29, 0.717) is 22.9 Å². The molecule has 2 amide bonds. The number of carboxylic acid groups (broad SMARTS) is 1. The number of halogens is 1. The van der Waals surface area contributed by atoms with E-state index in [9.17, 15) is 9.59 Å². The molecule has 0 aliphatic heterocycles. The molecule has 1 unspecified atom stereocenters. The SMILES string of the molecule is COc1cc(NC(=O)NCCC(C)C(=O)O)ccc1Cl. The molecule has 0 aromatic heterocycles. The largest absolute Gasteiger partial charge is 0.495 e. The Morgan fingerprint density at radius 3 is 2.75 bits per heavy atom. The van der Waals surface area contributed by atoms with Crippen molar-refractivity contribution in [1.29, 1.82) is 0 Å². The summed E-state index contributed by atoms with van der Waals surface area (Å²) in [7, 11) is 1.48. The lowest BCUT2D eigenvalue weighted by Crippen LogP contribution is -2.31. The summed E-state index contributed by atoms with van der Waals surface area (Å²) in [6.45, 7) is 1.87. The second-order valence-corrected chi connectivity index (χ2v) is 4.67. The van der Waals surface area contributed by atoms with Crippen LogP contribution in [0.3, 0.4) is 0 Å². The average molecular weight is 301 g/mol. The van der Waals surface area contributed by atoms with Gasteiger partial charge >= 0.3 is 12.0 Å². The Balaban J connectivity index is 2.44. The number of hydrogen-bond acceptors (Lipinski definition) is 3. The number of carbonyl (C=O) groups is 2. The minimum Gasteiger partial charge on any atom is -0.495 e. The number of carbonyl (C=O) groups excluding carboxylic acids is 1. The molecule has 0 bridgehead atoms. The second kappa shape index (κ2) is 7.59. The van der Waals surface area contributed by atoms with E-state index in [2.05, 4.69) is 10.6 Å². The molecule has 1 aromatic rings. The van der Waals surface area contributed by atoms with E-state index in [1.807, 2.05) is 0 Å². The van der Waals surface area contributed by atoms with Gasteiger partial charge in [-0.25, -0.2) is 4.79 Å². The smallest absolute Gasteiger partial charge is 0.319 e. The summed E-state index contributed by atoms with van der Waals surface area (Å²) in [4.78, 5) is 22.2. The summed E-state index contributed by atoms with van der Waals surface area (Å²) in [5.41, 5.74) is 0.537. The maximum Gasteiger partial charge on any atom is 0.319 e. The zero-order chi connectivity index (χ0) is 15.1. The maximum atomic E-state index is 11.6. The van der Waals surface area contributed by atoms with E-state index in [1.165, 1.54) is 7.11 Å². The van der Waals surface area contributed by atoms with Crippen LogP contribution in [0.1, 0.15) is 13.3 Å². The van der Waals surface area contributed by atoms with Gasteiger partial charge in [0, 0.05) is 18.3 Å². The zero-order valence-electron chi connectivity index (χ0n) is 11.3. The highest BCUT2D eigenvalue weighted by Crippen LogP contribution is 2.27. The van der Waals surface area contributed by atoms with Crippen LogP contribution in [0.15, 0.2) is 18.2 Å². The van der Waals surface area contributed by atoms with Crippen molar-refractivity contribution in [3.63, 3.8) is 0 Å². The van der Waals surface area contributed by atoms with Crippen LogP contribution in [0.2, 0.25) is 5.02 Å². The molecule has 0 aliphatic carbocycles. The fourth-order valence-corrected chi connectivity index (χ4v) is 1.63. The van der Waals surface area contributed by atoms with E-state index in [-0.39, 0.29) is 6.54 Å². The van der Waals surface area contributed by atoms with Crippen molar-refractivity contribution >= 4 is 29.3 Å². The summed E-state index contributed by atoms with van der Waals surface area (Å²) >= 11 is 5.87. The molecule has 1 aromatic carbocycles. The van der Waals surface area contributed by atoms with E-state index in [0.717, 1.165) is 0 Å². The number of methoxy groups -OCH3 is 1. The minimum absolute atomic E-state index is 0.282. The Morgan fingerprint density at radius 1 is 1.45 bits per heavy atom. The summed E-state index contributed by atoms with van der Waals surface area (Å²) in [5, 5.41) is 14.4. The first kappa shape index (κ1) is 16.1. The van der Waals surface area contributed by atoms with Crippen LogP contribution in [0.25, 0.3) is 0 Å². The Hall–Kier alpha value is -1.95. The highest BCUT2D eigenvalue weighted by Gasteiger charge is 2.11. The minimum atomic E-state index is -0.880. The highest BCUT2D eigenvalue weighted by molar-refractivity contribution is 6.32. The average Bonchev–Trinajstić information content (AvgIpc) is 2.40. The molecule has 0 saturated carbocycles. The molecule has 3 N–H and O–H groups in total. The van der Waals surface area contributed by atoms with Crippen LogP contribution in [0.4, 0.5) is 10.5 Å². The number of nitrogens with one attached hydrogen (secondary N) is 2. The van der Waals surface area contributed by atoms with Gasteiger partial charge < -0.3 is 20.5 Å². The van der Waals surface area contributed by atoms with E-state index in [4.69, 9.17) is 21.4 Å². The van der Waals surface area contributed by atoms with Crippen molar-refractivity contribution in [1.82, 2.24) is 5.32 Å². The number of benzene rings is 1. The molecule has 7 heteroatoms. The van der Waals surface area contributed by atoms with Gasteiger partial charge in [0.15, 0.2) is 0 Å². The zero-order valence-corrected chi connectivity index (χ0v) is 12.0. The number of carboxylic acids is 1. The van der Waals surface area contributed by atoms with Gasteiger partial charge in [-0.05, 0) is 18.6 Å². The molecule has 6 nitrogen and oxygen atoms in total. The maximum absolute atomic E-state index is 11.6. The first-order valence-corrected chi connectivity index (χ1v) is 6.43. The molecular weight excluding hydrogens is 284 g/mol. The fraction of sp³-hybridized carbons (Fsp3) is 0.385. The predicted octanol–water partition coefficient (Wildman–Crippen LogP) is 2.58. The molecule has 0 heterocycles. The van der Waals surface area contributed by atoms with E-state index in [1.54, 1.807) is 25.1 Å². The Kier molecular flexibility index (Phi) is 6.11. The third kappa shape index (κ3) is 4.97. The number of aliphatic carboxylic acids is 1. The van der Waals surface area contributed by atoms with Crippen molar-refractivity contribution in [2.24, 2.45) is 5.92 Å². The lowest BCUT2D eigenvalue weighted by Gasteiger charge is -2.10. The Morgan fingerprint density at radius 2 is 2.15 bits per heavy atom. The molecule has 1 rings (SSSR count). The van der Waals surface area contributed by atoms with Crippen molar-refractivity contribution in [3.05, 3.63) is 23.2 Å². The quantitative estimate of drug-likeness (QED) is 0.753. The van der Waals surface area contributed by atoms with Crippen LogP contribution in [0, 0.1) is 5.92 Å².